The number of esters is 4. The number of unbranched alkanes of at least 4 members (excludes halogenated alkanes) is 31. The first-order chi connectivity index (χ1) is 49.7. The van der Waals surface area contributed by atoms with E-state index in [1.807, 2.05) is 0 Å². The van der Waals surface area contributed by atoms with Gasteiger partial charge in [0.25, 0.3) is 0 Å². The molecule has 0 heterocycles. The summed E-state index contributed by atoms with van der Waals surface area (Å²) in [5.74, 6) is -2.23. The number of phosphoric ester groups is 2. The minimum atomic E-state index is -4.99. The molecule has 0 aromatic rings. The minimum absolute atomic E-state index is 0.0754. The Bertz CT molecular complexity index is 2360. The molecule has 0 aromatic heterocycles. The van der Waals surface area contributed by atoms with E-state index in [9.17, 15) is 43.2 Å². The number of allylic oxidation sites excluding steroid dienone is 18. The van der Waals surface area contributed by atoms with Crippen LogP contribution in [0.15, 0.2) is 109 Å². The predicted octanol–water partition coefficient (Wildman–Crippen LogP) is 23.3. The summed E-state index contributed by atoms with van der Waals surface area (Å²) >= 11 is 0. The van der Waals surface area contributed by atoms with Crippen molar-refractivity contribution in [3.05, 3.63) is 109 Å². The molecular weight excluding hydrogens is 1330 g/mol. The second-order valence-electron chi connectivity index (χ2n) is 26.6. The monoisotopic (exact) mass is 1470 g/mol. The van der Waals surface area contributed by atoms with Gasteiger partial charge in [-0.15, -0.1) is 0 Å². The number of hydrogen-bond acceptors (Lipinski definition) is 15. The Balaban J connectivity index is 5.37. The van der Waals surface area contributed by atoms with Gasteiger partial charge in [0.1, 0.15) is 19.3 Å². The third kappa shape index (κ3) is 74.0. The topological polar surface area (TPSA) is 237 Å². The van der Waals surface area contributed by atoms with Crippen molar-refractivity contribution in [2.24, 2.45) is 0 Å². The molecule has 588 valence electrons. The molecule has 0 aliphatic carbocycles. The van der Waals surface area contributed by atoms with Crippen molar-refractivity contribution < 1.29 is 80.2 Å². The van der Waals surface area contributed by atoms with Gasteiger partial charge in [0.15, 0.2) is 12.2 Å². The molecule has 5 unspecified atom stereocenters. The van der Waals surface area contributed by atoms with Gasteiger partial charge in [-0.05, 0) is 128 Å². The second-order valence-corrected chi connectivity index (χ2v) is 29.5. The summed E-state index contributed by atoms with van der Waals surface area (Å²) in [6.45, 7) is 4.60. The second kappa shape index (κ2) is 75.0. The van der Waals surface area contributed by atoms with E-state index >= 15 is 0 Å². The number of aliphatic hydroxyl groups is 1. The molecule has 0 rings (SSSR count). The average Bonchev–Trinajstić information content (AvgIpc) is 0.924. The van der Waals surface area contributed by atoms with Gasteiger partial charge in [-0.1, -0.05) is 291 Å². The fourth-order valence-electron chi connectivity index (χ4n) is 10.7. The van der Waals surface area contributed by atoms with Crippen LogP contribution in [0.5, 0.6) is 0 Å². The normalized spacial score (nSPS) is 14.5. The summed E-state index contributed by atoms with van der Waals surface area (Å²) in [6.07, 6.45) is 80.7. The zero-order chi connectivity index (χ0) is 74.6. The van der Waals surface area contributed by atoms with Crippen LogP contribution in [0.4, 0.5) is 0 Å². The first-order valence-electron chi connectivity index (χ1n) is 40.1. The zero-order valence-corrected chi connectivity index (χ0v) is 66.0. The maximum Gasteiger partial charge on any atom is 0.472 e. The first-order valence-corrected chi connectivity index (χ1v) is 43.1. The van der Waals surface area contributed by atoms with Crippen LogP contribution in [-0.4, -0.2) is 96.7 Å². The van der Waals surface area contributed by atoms with Crippen molar-refractivity contribution in [3.63, 3.8) is 0 Å². The molecule has 0 spiro atoms. The average molecular weight is 1480 g/mol. The number of carbonyl (C=O) groups is 4. The molecule has 0 aliphatic heterocycles. The summed E-state index contributed by atoms with van der Waals surface area (Å²) in [4.78, 5) is 73.0. The first kappa shape index (κ1) is 97.7. The van der Waals surface area contributed by atoms with Crippen molar-refractivity contribution in [1.29, 1.82) is 0 Å². The van der Waals surface area contributed by atoms with Crippen LogP contribution in [-0.2, 0) is 65.4 Å². The van der Waals surface area contributed by atoms with E-state index in [2.05, 4.69) is 137 Å². The maximum atomic E-state index is 13.1. The van der Waals surface area contributed by atoms with Gasteiger partial charge in [0, 0.05) is 25.7 Å². The Hall–Kier alpha value is -4.28. The van der Waals surface area contributed by atoms with Gasteiger partial charge in [-0.3, -0.25) is 37.3 Å². The molecule has 0 fully saturated rings. The molecule has 3 N–H and O–H groups in total. The Morgan fingerprint density at radius 1 is 0.284 bits per heavy atom. The largest absolute Gasteiger partial charge is 0.472 e. The predicted molar refractivity (Wildman–Crippen MR) is 418 cm³/mol. The van der Waals surface area contributed by atoms with Crippen LogP contribution in [0.1, 0.15) is 336 Å². The lowest BCUT2D eigenvalue weighted by Crippen LogP contribution is -2.30. The lowest BCUT2D eigenvalue weighted by molar-refractivity contribution is -0.161. The van der Waals surface area contributed by atoms with Crippen LogP contribution in [0.25, 0.3) is 0 Å². The van der Waals surface area contributed by atoms with Gasteiger partial charge in [0.2, 0.25) is 0 Å². The Morgan fingerprint density at radius 3 is 0.824 bits per heavy atom. The molecule has 102 heavy (non-hydrogen) atoms. The van der Waals surface area contributed by atoms with E-state index in [0.717, 1.165) is 167 Å². The molecule has 0 saturated heterocycles. The Labute approximate surface area is 619 Å². The highest BCUT2D eigenvalue weighted by atomic mass is 31.2. The van der Waals surface area contributed by atoms with Gasteiger partial charge in [-0.25, -0.2) is 9.13 Å². The van der Waals surface area contributed by atoms with E-state index < -0.39 is 97.5 Å². The third-order valence-electron chi connectivity index (χ3n) is 16.7. The smallest absolute Gasteiger partial charge is 0.462 e. The van der Waals surface area contributed by atoms with Crippen LogP contribution in [0, 0.1) is 0 Å². The van der Waals surface area contributed by atoms with Crippen molar-refractivity contribution in [1.82, 2.24) is 0 Å². The zero-order valence-electron chi connectivity index (χ0n) is 64.3. The van der Waals surface area contributed by atoms with Crippen LogP contribution in [0.3, 0.4) is 0 Å². The lowest BCUT2D eigenvalue weighted by atomic mass is 10.0. The number of hydrogen-bond donors (Lipinski definition) is 3. The minimum Gasteiger partial charge on any atom is -0.462 e. The van der Waals surface area contributed by atoms with Gasteiger partial charge in [0.05, 0.1) is 26.4 Å². The number of ether oxygens (including phenoxy) is 4. The molecule has 19 heteroatoms. The Morgan fingerprint density at radius 2 is 0.510 bits per heavy atom. The van der Waals surface area contributed by atoms with Crippen LogP contribution < -0.4 is 0 Å². The number of carbonyl (C=O) groups excluding carboxylic acids is 4. The van der Waals surface area contributed by atoms with Crippen LogP contribution in [0.2, 0.25) is 0 Å². The number of aliphatic hydroxyl groups excluding tert-OH is 1. The summed E-state index contributed by atoms with van der Waals surface area (Å²) < 4.78 is 68.6. The fourth-order valence-corrected chi connectivity index (χ4v) is 12.2. The molecule has 5 atom stereocenters. The summed E-state index contributed by atoms with van der Waals surface area (Å²) in [6, 6.07) is 0. The van der Waals surface area contributed by atoms with Crippen molar-refractivity contribution in [2.75, 3.05) is 39.6 Å². The summed E-state index contributed by atoms with van der Waals surface area (Å²) in [7, 11) is -9.97. The summed E-state index contributed by atoms with van der Waals surface area (Å²) in [5, 5.41) is 10.6. The molecule has 0 aliphatic rings. The van der Waals surface area contributed by atoms with E-state index in [-0.39, 0.29) is 25.7 Å². The van der Waals surface area contributed by atoms with E-state index in [1.165, 1.54) is 89.9 Å². The van der Waals surface area contributed by atoms with E-state index in [0.29, 0.717) is 25.7 Å². The molecule has 0 aromatic carbocycles. The van der Waals surface area contributed by atoms with Crippen LogP contribution >= 0.6 is 15.6 Å². The van der Waals surface area contributed by atoms with Gasteiger partial charge in [-0.2, -0.15) is 0 Å². The highest BCUT2D eigenvalue weighted by Crippen LogP contribution is 2.45. The van der Waals surface area contributed by atoms with E-state index in [4.69, 9.17) is 37.0 Å². The van der Waals surface area contributed by atoms with Gasteiger partial charge >= 0.3 is 39.5 Å². The molecule has 0 bridgehead atoms. The third-order valence-corrected chi connectivity index (χ3v) is 18.6. The van der Waals surface area contributed by atoms with Crippen molar-refractivity contribution >= 4 is 39.5 Å². The summed E-state index contributed by atoms with van der Waals surface area (Å²) in [5.41, 5.74) is 0. The maximum absolute atomic E-state index is 13.1. The van der Waals surface area contributed by atoms with Crippen molar-refractivity contribution in [3.8, 4) is 0 Å². The standard InChI is InChI=1S/C83H144O17P2/c1-5-9-13-17-21-25-29-33-36-37-38-39-42-45-48-52-56-60-64-68-81(86)94-74-79(100-83(88)70-66-62-58-54-50-46-41-35-31-27-23-19-15-11-7-3)76-98-102(91,92)96-72-77(84)71-95-101(89,90)97-75-78(99-82(87)69-65-61-57-53-49-43-32-28-24-20-16-12-8-4)73-93-80(85)67-63-59-55-51-47-44-40-34-30-26-22-18-14-10-6-2/h9-10,13-14,21-22,25-26,28,32-34,36,38-40,47,51,77-79,84H,5-8,11-12,15-20,23-24,27,29-31,35,37,41-46,48-50,52-76H2,1-4H3,(H,89,90)(H,91,92)/b13-9-,14-10-,25-21-,26-22-,32-28-,36-33-,39-38-,40-34-,51-47-. The Kier molecular flexibility index (Phi) is 71.8. The van der Waals surface area contributed by atoms with Gasteiger partial charge < -0.3 is 33.8 Å². The molecule has 17 nitrogen and oxygen atoms in total. The fraction of sp³-hybridized carbons (Fsp3) is 0.735. The SMILES string of the molecule is CC/C=C\C/C=C\C/C=C\C/C=C\CCCCCCCCC(=O)OCC(COP(=O)(O)OCC(O)COP(=O)(O)OCC(COC(=O)CCCC/C=C\C/C=C\C/C=C\C/C=C\CC)OC(=O)CCCCCCC/C=C\CCCCCC)OC(=O)CCCCCCCCCCCCCCCCC. The highest BCUT2D eigenvalue weighted by molar-refractivity contribution is 7.47. The quantitative estimate of drug-likeness (QED) is 0.0169. The molecule has 0 amide bonds. The number of rotatable bonds is 75. The van der Waals surface area contributed by atoms with E-state index in [1.54, 1.807) is 0 Å². The molecule has 0 radical (unpaired) electrons. The molecule has 0 saturated carbocycles. The number of phosphoric acid groups is 2. The van der Waals surface area contributed by atoms with Crippen molar-refractivity contribution in [2.45, 2.75) is 354 Å². The highest BCUT2D eigenvalue weighted by Gasteiger charge is 2.30. The lowest BCUT2D eigenvalue weighted by Gasteiger charge is -2.21. The molecular formula is C83H144O17P2.